The molecule has 3 heterocycles. The zero-order valence-electron chi connectivity index (χ0n) is 20.4. The van der Waals surface area contributed by atoms with E-state index in [1.165, 1.54) is 0 Å². The van der Waals surface area contributed by atoms with Crippen LogP contribution in [0.1, 0.15) is 73.5 Å². The first-order valence-corrected chi connectivity index (χ1v) is 12.5. The van der Waals surface area contributed by atoms with E-state index in [4.69, 9.17) is 27.1 Å². The maximum absolute atomic E-state index is 13.3. The number of nitrogens with two attached hydrogens (primary N) is 1. The molecule has 192 valence electrons. The maximum Gasteiger partial charge on any atom is 0.257 e. The Bertz CT molecular complexity index is 1200. The average molecular weight is 532 g/mol. The number of carbonyl (C=O) groups excluding carboxylic acids is 2. The highest BCUT2D eigenvalue weighted by Gasteiger charge is 2.42. The number of anilines is 1. The van der Waals surface area contributed by atoms with Gasteiger partial charge in [-0.25, -0.2) is 4.99 Å². The van der Waals surface area contributed by atoms with E-state index in [1.807, 2.05) is 19.9 Å². The molecule has 3 N–H and O–H groups in total. The molecular formula is C26H31Cl2N5O3. The van der Waals surface area contributed by atoms with Crippen molar-refractivity contribution >= 4 is 47.5 Å². The first-order chi connectivity index (χ1) is 16.8. The van der Waals surface area contributed by atoms with Crippen molar-refractivity contribution in [3.63, 3.8) is 0 Å². The molecule has 8 nitrogen and oxygen atoms in total. The summed E-state index contributed by atoms with van der Waals surface area (Å²) >= 11 is 6.80. The van der Waals surface area contributed by atoms with Gasteiger partial charge in [-0.15, -0.1) is 12.4 Å². The van der Waals surface area contributed by atoms with Gasteiger partial charge in [0.15, 0.2) is 5.96 Å². The van der Waals surface area contributed by atoms with Gasteiger partial charge in [0, 0.05) is 30.3 Å². The molecule has 10 heteroatoms. The fourth-order valence-electron chi connectivity index (χ4n) is 5.13. The van der Waals surface area contributed by atoms with E-state index in [-0.39, 0.29) is 48.7 Å². The maximum atomic E-state index is 13.3. The standard InChI is InChI=1S/C26H30ClN5O3.ClH/c1-15-13-17(10-12-35-15)32-21(33)14-26(2,31-25(32)28)19-6-3-7-20(22(19)27)30-24(34)18-5-4-11-29-23(18)16-8-9-16;/h3-7,11,15-17H,8-10,12-14H2,1-2H3,(H2,28,31)(H,30,34);1H/t15-,17-,26+;/m1./s1. The Morgan fingerprint density at radius 2 is 2.03 bits per heavy atom. The third-order valence-corrected chi connectivity index (χ3v) is 7.48. The van der Waals surface area contributed by atoms with Crippen LogP contribution in [0.4, 0.5) is 5.69 Å². The smallest absolute Gasteiger partial charge is 0.257 e. The lowest BCUT2D eigenvalue weighted by molar-refractivity contribution is -0.133. The lowest BCUT2D eigenvalue weighted by atomic mass is 9.86. The van der Waals surface area contributed by atoms with E-state index in [1.54, 1.807) is 35.4 Å². The number of aliphatic imine (C=N–C) groups is 1. The Labute approximate surface area is 222 Å². The van der Waals surface area contributed by atoms with Crippen LogP contribution in [0.3, 0.4) is 0 Å². The minimum absolute atomic E-state index is 0. The summed E-state index contributed by atoms with van der Waals surface area (Å²) in [5.41, 5.74) is 7.88. The number of aromatic nitrogens is 1. The SMILES string of the molecule is C[C@@H]1C[C@H](N2C(=O)C[C@@](C)(c3cccc(NC(=O)c4cccnc4C4CC4)c3Cl)N=C2N)CCO1.Cl. The molecule has 5 rings (SSSR count). The van der Waals surface area contributed by atoms with Crippen molar-refractivity contribution in [2.75, 3.05) is 11.9 Å². The van der Waals surface area contributed by atoms with Crippen LogP contribution in [0.2, 0.25) is 5.02 Å². The van der Waals surface area contributed by atoms with E-state index >= 15 is 0 Å². The molecule has 0 radical (unpaired) electrons. The van der Waals surface area contributed by atoms with Gasteiger partial charge < -0.3 is 15.8 Å². The zero-order chi connectivity index (χ0) is 24.7. The fourth-order valence-corrected chi connectivity index (χ4v) is 5.51. The Kier molecular flexibility index (Phi) is 7.59. The van der Waals surface area contributed by atoms with Crippen molar-refractivity contribution in [2.24, 2.45) is 10.7 Å². The van der Waals surface area contributed by atoms with Gasteiger partial charge in [-0.05, 0) is 57.7 Å². The summed E-state index contributed by atoms with van der Waals surface area (Å²) in [6.07, 6.45) is 5.45. The molecule has 2 fully saturated rings. The van der Waals surface area contributed by atoms with E-state index in [2.05, 4.69) is 10.3 Å². The number of carbonyl (C=O) groups is 2. The molecule has 1 saturated carbocycles. The molecule has 1 aromatic carbocycles. The molecule has 1 aliphatic carbocycles. The predicted molar refractivity (Wildman–Crippen MR) is 142 cm³/mol. The highest BCUT2D eigenvalue weighted by atomic mass is 35.5. The van der Waals surface area contributed by atoms with E-state index in [0.717, 1.165) is 31.4 Å². The molecular weight excluding hydrogens is 501 g/mol. The van der Waals surface area contributed by atoms with Crippen molar-refractivity contribution in [2.45, 2.75) is 69.6 Å². The summed E-state index contributed by atoms with van der Waals surface area (Å²) in [6.45, 7) is 4.44. The number of hydrogen-bond acceptors (Lipinski definition) is 6. The number of benzene rings is 1. The molecule has 1 saturated heterocycles. The van der Waals surface area contributed by atoms with Crippen molar-refractivity contribution < 1.29 is 14.3 Å². The number of ether oxygens (including phenoxy) is 1. The second kappa shape index (κ2) is 10.4. The van der Waals surface area contributed by atoms with E-state index < -0.39 is 5.54 Å². The van der Waals surface area contributed by atoms with Crippen molar-refractivity contribution in [3.8, 4) is 0 Å². The van der Waals surface area contributed by atoms with Gasteiger partial charge in [-0.3, -0.25) is 19.5 Å². The number of nitrogens with one attached hydrogen (secondary N) is 1. The second-order valence-corrected chi connectivity index (χ2v) is 10.3. The van der Waals surface area contributed by atoms with Crippen molar-refractivity contribution in [1.29, 1.82) is 0 Å². The van der Waals surface area contributed by atoms with Crippen LogP contribution in [0.25, 0.3) is 0 Å². The van der Waals surface area contributed by atoms with Gasteiger partial charge >= 0.3 is 0 Å². The summed E-state index contributed by atoms with van der Waals surface area (Å²) in [7, 11) is 0. The summed E-state index contributed by atoms with van der Waals surface area (Å²) in [6, 6.07) is 8.89. The number of hydrogen-bond donors (Lipinski definition) is 2. The normalized spacial score (nSPS) is 26.1. The molecule has 3 atom stereocenters. The van der Waals surface area contributed by atoms with Crippen LogP contribution in [0.5, 0.6) is 0 Å². The van der Waals surface area contributed by atoms with Crippen molar-refractivity contribution in [1.82, 2.24) is 9.88 Å². The topological polar surface area (TPSA) is 110 Å². The lowest BCUT2D eigenvalue weighted by Crippen LogP contribution is -2.56. The molecule has 1 aromatic heterocycles. The molecule has 3 aliphatic rings. The lowest BCUT2D eigenvalue weighted by Gasteiger charge is -2.41. The zero-order valence-corrected chi connectivity index (χ0v) is 21.9. The third kappa shape index (κ3) is 5.08. The Balaban J connectivity index is 0.00000304. The van der Waals surface area contributed by atoms with Crippen LogP contribution < -0.4 is 11.1 Å². The molecule has 2 amide bonds. The fraction of sp³-hybridized carbons (Fsp3) is 0.462. The average Bonchev–Trinajstić information content (AvgIpc) is 3.65. The van der Waals surface area contributed by atoms with Crippen LogP contribution in [-0.2, 0) is 15.1 Å². The Hall–Kier alpha value is -2.68. The number of halogens is 2. The van der Waals surface area contributed by atoms with Crippen molar-refractivity contribution in [3.05, 3.63) is 58.4 Å². The highest BCUT2D eigenvalue weighted by Crippen LogP contribution is 2.42. The van der Waals surface area contributed by atoms with Crippen LogP contribution >= 0.6 is 24.0 Å². The van der Waals surface area contributed by atoms with Gasteiger partial charge in [0.1, 0.15) is 0 Å². The van der Waals surface area contributed by atoms with Crippen LogP contribution in [0, 0.1) is 0 Å². The molecule has 0 unspecified atom stereocenters. The molecule has 0 bridgehead atoms. The van der Waals surface area contributed by atoms with Gasteiger partial charge in [-0.2, -0.15) is 0 Å². The Morgan fingerprint density at radius 3 is 2.72 bits per heavy atom. The van der Waals surface area contributed by atoms with Gasteiger partial charge in [0.25, 0.3) is 5.91 Å². The van der Waals surface area contributed by atoms with E-state index in [0.29, 0.717) is 34.4 Å². The summed E-state index contributed by atoms with van der Waals surface area (Å²) in [5, 5.41) is 3.28. The summed E-state index contributed by atoms with van der Waals surface area (Å²) in [5.74, 6) is 0.184. The van der Waals surface area contributed by atoms with Gasteiger partial charge in [-0.1, -0.05) is 23.7 Å². The number of rotatable bonds is 5. The van der Waals surface area contributed by atoms with Crippen LogP contribution in [-0.4, -0.2) is 46.4 Å². The third-order valence-electron chi connectivity index (χ3n) is 7.07. The number of amides is 2. The highest BCUT2D eigenvalue weighted by molar-refractivity contribution is 6.35. The predicted octanol–water partition coefficient (Wildman–Crippen LogP) is 4.62. The molecule has 2 aromatic rings. The largest absolute Gasteiger partial charge is 0.378 e. The first-order valence-electron chi connectivity index (χ1n) is 12.1. The monoisotopic (exact) mass is 531 g/mol. The molecule has 36 heavy (non-hydrogen) atoms. The van der Waals surface area contributed by atoms with Gasteiger partial charge in [0.2, 0.25) is 5.91 Å². The minimum Gasteiger partial charge on any atom is -0.378 e. The second-order valence-electron chi connectivity index (χ2n) is 9.88. The molecule has 0 spiro atoms. The van der Waals surface area contributed by atoms with E-state index in [9.17, 15) is 9.59 Å². The Morgan fingerprint density at radius 1 is 1.25 bits per heavy atom. The first kappa shape index (κ1) is 26.4. The number of guanidine groups is 1. The summed E-state index contributed by atoms with van der Waals surface area (Å²) in [4.78, 5) is 37.2. The number of nitrogens with zero attached hydrogens (tertiary/aromatic N) is 3. The minimum atomic E-state index is -0.945. The van der Waals surface area contributed by atoms with Crippen LogP contribution in [0.15, 0.2) is 41.5 Å². The quantitative estimate of drug-likeness (QED) is 0.584. The molecule has 2 aliphatic heterocycles. The summed E-state index contributed by atoms with van der Waals surface area (Å²) < 4.78 is 5.62. The van der Waals surface area contributed by atoms with Gasteiger partial charge in [0.05, 0.1) is 40.0 Å². The number of pyridine rings is 1.